The zero-order valence-electron chi connectivity index (χ0n) is 23.4. The van der Waals surface area contributed by atoms with Gasteiger partial charge in [-0.2, -0.15) is 13.2 Å². The summed E-state index contributed by atoms with van der Waals surface area (Å²) < 4.78 is 56.6. The van der Waals surface area contributed by atoms with Crippen LogP contribution >= 0.6 is 0 Å². The molecule has 232 valence electrons. The molecule has 0 saturated carbocycles. The number of H-pyrrole nitrogens is 1. The zero-order valence-corrected chi connectivity index (χ0v) is 23.4. The molecule has 1 fully saturated rings. The fourth-order valence-electron chi connectivity index (χ4n) is 5.50. The van der Waals surface area contributed by atoms with Crippen LogP contribution in [-0.2, 0) is 26.3 Å². The Bertz CT molecular complexity index is 1450. The molecule has 2 aliphatic rings. The molecular formula is C29H32F4N4O6. The Hall–Kier alpha value is -4.33. The average Bonchev–Trinajstić information content (AvgIpc) is 3.55. The lowest BCUT2D eigenvalue weighted by Crippen LogP contribution is -2.58. The minimum absolute atomic E-state index is 0.182. The van der Waals surface area contributed by atoms with Gasteiger partial charge in [0.15, 0.2) is 0 Å². The fraction of sp³-hybridized carbons (Fsp3) is 0.414. The molecule has 3 N–H and O–H groups in total. The zero-order chi connectivity index (χ0) is 31.2. The number of benzene rings is 2. The van der Waals surface area contributed by atoms with Crippen molar-refractivity contribution in [3.05, 3.63) is 65.6 Å². The van der Waals surface area contributed by atoms with Gasteiger partial charge in [0.2, 0.25) is 0 Å². The van der Waals surface area contributed by atoms with E-state index in [0.29, 0.717) is 39.1 Å². The molecule has 10 nitrogen and oxygen atoms in total. The normalized spacial score (nSPS) is 18.1. The summed E-state index contributed by atoms with van der Waals surface area (Å²) in [6, 6.07) is 14.2. The number of esters is 1. The Labute approximate surface area is 244 Å². The standard InChI is InChI=1S/C27H31FN4O4.C2HF3O2/c1-2-35-24(33)17-29-26(34)32-12-10-22-21-9-8-19(28)16-23(21)30-25(22)27(32)11-13-31(18-27)14-15-36-20-6-4-3-5-7-20;3-2(4,5)1(6)7/h3-9,16,30H,2,10-15,17-18H2,1H3,(H,29,34);(H,6,7). The molecule has 1 atom stereocenters. The Morgan fingerprint density at radius 1 is 1.12 bits per heavy atom. The van der Waals surface area contributed by atoms with Crippen molar-refractivity contribution in [1.82, 2.24) is 20.1 Å². The molecule has 3 heterocycles. The van der Waals surface area contributed by atoms with Gasteiger partial charge in [0, 0.05) is 42.8 Å². The van der Waals surface area contributed by atoms with Crippen molar-refractivity contribution in [2.24, 2.45) is 0 Å². The lowest BCUT2D eigenvalue weighted by Gasteiger charge is -2.44. The summed E-state index contributed by atoms with van der Waals surface area (Å²) in [5.41, 5.74) is 2.20. The van der Waals surface area contributed by atoms with Crippen molar-refractivity contribution in [3.63, 3.8) is 0 Å². The highest BCUT2D eigenvalue weighted by Crippen LogP contribution is 2.44. The molecule has 0 bridgehead atoms. The number of alkyl halides is 3. The molecule has 1 aromatic heterocycles. The molecule has 2 amide bonds. The van der Waals surface area contributed by atoms with Crippen LogP contribution in [0.2, 0.25) is 0 Å². The minimum atomic E-state index is -5.08. The van der Waals surface area contributed by atoms with Crippen LogP contribution in [0, 0.1) is 5.82 Å². The third-order valence-electron chi connectivity index (χ3n) is 7.36. The number of nitrogens with one attached hydrogen (secondary N) is 2. The number of carboxylic acids is 1. The van der Waals surface area contributed by atoms with Crippen molar-refractivity contribution in [2.45, 2.75) is 31.5 Å². The van der Waals surface area contributed by atoms with E-state index in [-0.39, 0.29) is 25.0 Å². The van der Waals surface area contributed by atoms with E-state index in [4.69, 9.17) is 19.4 Å². The number of ether oxygens (including phenoxy) is 2. The molecule has 1 unspecified atom stereocenters. The summed E-state index contributed by atoms with van der Waals surface area (Å²) in [6.45, 7) is 4.94. The van der Waals surface area contributed by atoms with Gasteiger partial charge >= 0.3 is 24.1 Å². The summed E-state index contributed by atoms with van der Waals surface area (Å²) in [5, 5.41) is 10.9. The number of aromatic amines is 1. The van der Waals surface area contributed by atoms with Crippen molar-refractivity contribution in [2.75, 3.05) is 45.9 Å². The predicted molar refractivity (Wildman–Crippen MR) is 147 cm³/mol. The Morgan fingerprint density at radius 3 is 2.51 bits per heavy atom. The number of hydrogen-bond donors (Lipinski definition) is 3. The van der Waals surface area contributed by atoms with E-state index >= 15 is 0 Å². The maximum absolute atomic E-state index is 14.0. The second-order valence-corrected chi connectivity index (χ2v) is 10.1. The maximum atomic E-state index is 14.0. The molecule has 43 heavy (non-hydrogen) atoms. The molecule has 1 saturated heterocycles. The lowest BCUT2D eigenvalue weighted by atomic mass is 9.84. The number of aliphatic carboxylic acids is 1. The van der Waals surface area contributed by atoms with Gasteiger partial charge in [-0.1, -0.05) is 18.2 Å². The first-order valence-corrected chi connectivity index (χ1v) is 13.7. The highest BCUT2D eigenvalue weighted by atomic mass is 19.4. The summed E-state index contributed by atoms with van der Waals surface area (Å²) in [7, 11) is 0. The highest BCUT2D eigenvalue weighted by molar-refractivity contribution is 5.87. The van der Waals surface area contributed by atoms with Gasteiger partial charge in [-0.15, -0.1) is 0 Å². The number of halogens is 4. The first kappa shape index (κ1) is 31.6. The van der Waals surface area contributed by atoms with E-state index in [1.165, 1.54) is 12.1 Å². The number of aromatic nitrogens is 1. The molecule has 0 aliphatic carbocycles. The van der Waals surface area contributed by atoms with Gasteiger partial charge in [0.05, 0.1) is 12.1 Å². The SMILES string of the molecule is CCOC(=O)CNC(=O)N1CCc2c([nH]c3cc(F)ccc23)C12CCN(CCOc1ccccc1)C2.O=C(O)C(F)(F)F. The number of likely N-dealkylation sites (tertiary alicyclic amines) is 1. The topological polar surface area (TPSA) is 124 Å². The monoisotopic (exact) mass is 608 g/mol. The molecular weight excluding hydrogens is 576 g/mol. The van der Waals surface area contributed by atoms with Gasteiger partial charge in [-0.05, 0) is 55.7 Å². The van der Waals surface area contributed by atoms with E-state index in [0.717, 1.165) is 34.5 Å². The third-order valence-corrected chi connectivity index (χ3v) is 7.36. The summed E-state index contributed by atoms with van der Waals surface area (Å²) in [4.78, 5) is 41.7. The van der Waals surface area contributed by atoms with Gasteiger partial charge in [0.25, 0.3) is 0 Å². The van der Waals surface area contributed by atoms with E-state index in [9.17, 15) is 27.2 Å². The Kier molecular flexibility index (Phi) is 9.79. The van der Waals surface area contributed by atoms with E-state index in [1.54, 1.807) is 6.92 Å². The van der Waals surface area contributed by atoms with Crippen LogP contribution in [0.5, 0.6) is 5.75 Å². The highest BCUT2D eigenvalue weighted by Gasteiger charge is 2.51. The molecule has 5 rings (SSSR count). The number of fused-ring (bicyclic) bond motifs is 4. The number of rotatable bonds is 7. The number of amides is 2. The molecule has 1 spiro atoms. The van der Waals surface area contributed by atoms with Crippen molar-refractivity contribution >= 4 is 28.9 Å². The number of carbonyl (C=O) groups excluding carboxylic acids is 2. The van der Waals surface area contributed by atoms with Gasteiger partial charge < -0.3 is 29.8 Å². The lowest BCUT2D eigenvalue weighted by molar-refractivity contribution is -0.192. The molecule has 0 radical (unpaired) electrons. The van der Waals surface area contributed by atoms with Gasteiger partial charge in [-0.3, -0.25) is 9.69 Å². The van der Waals surface area contributed by atoms with E-state index in [1.807, 2.05) is 41.3 Å². The van der Waals surface area contributed by atoms with E-state index < -0.39 is 23.7 Å². The number of hydrogen-bond acceptors (Lipinski definition) is 6. The Balaban J connectivity index is 0.000000541. The van der Waals surface area contributed by atoms with Crippen LogP contribution in [0.4, 0.5) is 22.4 Å². The number of nitrogens with zero attached hydrogens (tertiary/aromatic N) is 2. The second kappa shape index (κ2) is 13.3. The molecule has 3 aromatic rings. The van der Waals surface area contributed by atoms with Crippen LogP contribution in [0.1, 0.15) is 24.6 Å². The van der Waals surface area contributed by atoms with Crippen molar-refractivity contribution in [3.8, 4) is 5.75 Å². The molecule has 2 aromatic carbocycles. The van der Waals surface area contributed by atoms with Crippen LogP contribution in [0.3, 0.4) is 0 Å². The average molecular weight is 609 g/mol. The van der Waals surface area contributed by atoms with Crippen molar-refractivity contribution < 1.29 is 46.5 Å². The molecule has 14 heteroatoms. The fourth-order valence-corrected chi connectivity index (χ4v) is 5.50. The summed E-state index contributed by atoms with van der Waals surface area (Å²) >= 11 is 0. The first-order chi connectivity index (χ1) is 20.4. The molecule has 2 aliphatic heterocycles. The quantitative estimate of drug-likeness (QED) is 0.273. The van der Waals surface area contributed by atoms with Gasteiger partial charge in [-0.25, -0.2) is 14.0 Å². The minimum Gasteiger partial charge on any atom is -0.492 e. The largest absolute Gasteiger partial charge is 0.492 e. The van der Waals surface area contributed by atoms with Crippen LogP contribution in [-0.4, -0.2) is 90.0 Å². The summed E-state index contributed by atoms with van der Waals surface area (Å²) in [6.07, 6.45) is -3.72. The van der Waals surface area contributed by atoms with Crippen LogP contribution in [0.15, 0.2) is 48.5 Å². The van der Waals surface area contributed by atoms with Crippen LogP contribution < -0.4 is 10.1 Å². The number of para-hydroxylation sites is 1. The van der Waals surface area contributed by atoms with E-state index in [2.05, 4.69) is 15.2 Å². The van der Waals surface area contributed by atoms with Gasteiger partial charge in [0.1, 0.15) is 24.7 Å². The third kappa shape index (κ3) is 7.37. The number of carbonyl (C=O) groups is 3. The number of urea groups is 1. The maximum Gasteiger partial charge on any atom is 0.490 e. The Morgan fingerprint density at radius 2 is 1.84 bits per heavy atom. The first-order valence-electron chi connectivity index (χ1n) is 13.7. The second-order valence-electron chi connectivity index (χ2n) is 10.1. The predicted octanol–water partition coefficient (Wildman–Crippen LogP) is 4.05. The number of carboxylic acid groups (broad SMARTS) is 1. The summed E-state index contributed by atoms with van der Waals surface area (Å²) in [5.74, 6) is -2.70. The van der Waals surface area contributed by atoms with Crippen LogP contribution in [0.25, 0.3) is 10.9 Å². The van der Waals surface area contributed by atoms with Crippen molar-refractivity contribution in [1.29, 1.82) is 0 Å². The smallest absolute Gasteiger partial charge is 0.490 e.